The van der Waals surface area contributed by atoms with E-state index in [0.717, 1.165) is 67.0 Å². The zero-order valence-electron chi connectivity index (χ0n) is 18.7. The normalized spacial score (nSPS) is 19.7. The average molecular weight is 411 g/mol. The lowest BCUT2D eigenvalue weighted by Crippen LogP contribution is -3.12. The zero-order chi connectivity index (χ0) is 21.0. The fraction of sp³-hybridized carbons (Fsp3) is 0.609. The number of nitrogens with one attached hydrogen (secondary N) is 1. The molecule has 1 fully saturated rings. The summed E-state index contributed by atoms with van der Waals surface area (Å²) in [6, 6.07) is 0. The summed E-state index contributed by atoms with van der Waals surface area (Å²) in [5, 5.41) is 1.05. The lowest BCUT2D eigenvalue weighted by molar-refractivity contribution is -0.880. The minimum absolute atomic E-state index is 0.212. The molecular weight excluding hydrogens is 378 g/mol. The molecule has 5 rings (SSSR count). The molecule has 0 spiro atoms. The molecule has 5 heterocycles. The van der Waals surface area contributed by atoms with Gasteiger partial charge in [0.15, 0.2) is 11.4 Å². The number of ether oxygens (including phenoxy) is 1. The van der Waals surface area contributed by atoms with Gasteiger partial charge in [0.2, 0.25) is 5.71 Å². The third kappa shape index (κ3) is 3.34. The molecule has 0 aromatic carbocycles. The van der Waals surface area contributed by atoms with Crippen molar-refractivity contribution in [1.29, 1.82) is 0 Å². The zero-order valence-corrected chi connectivity index (χ0v) is 18.7. The Balaban J connectivity index is 1.72. The number of aromatic nitrogens is 3. The minimum Gasteiger partial charge on any atom is -0.432 e. The molecule has 160 valence electrons. The third-order valence-corrected chi connectivity index (χ3v) is 6.41. The Hall–Kier alpha value is -2.25. The van der Waals surface area contributed by atoms with E-state index in [9.17, 15) is 0 Å². The van der Waals surface area contributed by atoms with Crippen molar-refractivity contribution in [1.82, 2.24) is 15.0 Å². The second-order valence-corrected chi connectivity index (χ2v) is 9.94. The monoisotopic (exact) mass is 410 g/mol. The van der Waals surface area contributed by atoms with Crippen LogP contribution in [-0.2, 0) is 24.2 Å². The number of pyridine rings is 1. The molecule has 1 saturated heterocycles. The van der Waals surface area contributed by atoms with Gasteiger partial charge in [0.25, 0.3) is 0 Å². The molecule has 0 unspecified atom stereocenters. The van der Waals surface area contributed by atoms with Crippen molar-refractivity contribution in [2.24, 2.45) is 5.92 Å². The lowest BCUT2D eigenvalue weighted by atomic mass is 9.88. The van der Waals surface area contributed by atoms with E-state index in [1.165, 1.54) is 11.1 Å². The maximum Gasteiger partial charge on any atom is 0.229 e. The Bertz CT molecular complexity index is 1100. The van der Waals surface area contributed by atoms with Crippen molar-refractivity contribution < 1.29 is 14.1 Å². The number of nitrogens with zero attached hydrogens (tertiary/aromatic N) is 4. The van der Waals surface area contributed by atoms with Crippen LogP contribution in [0.1, 0.15) is 44.5 Å². The number of fused-ring (bicyclic) bond motifs is 5. The predicted molar refractivity (Wildman–Crippen MR) is 117 cm³/mol. The van der Waals surface area contributed by atoms with Gasteiger partial charge in [-0.1, -0.05) is 13.8 Å². The van der Waals surface area contributed by atoms with Gasteiger partial charge in [-0.05, 0) is 31.7 Å². The van der Waals surface area contributed by atoms with E-state index in [4.69, 9.17) is 14.1 Å². The van der Waals surface area contributed by atoms with E-state index < -0.39 is 0 Å². The number of furan rings is 1. The summed E-state index contributed by atoms with van der Waals surface area (Å²) in [6.07, 6.45) is 3.42. The number of hydrogen-bond acceptors (Lipinski definition) is 6. The molecule has 3 aromatic heterocycles. The number of piperazine rings is 1. The van der Waals surface area contributed by atoms with Gasteiger partial charge < -0.3 is 19.0 Å². The summed E-state index contributed by atoms with van der Waals surface area (Å²) < 4.78 is 12.6. The number of anilines is 1. The minimum atomic E-state index is -0.212. The maximum atomic E-state index is 6.39. The molecule has 7 nitrogen and oxygen atoms in total. The molecule has 0 radical (unpaired) electrons. The van der Waals surface area contributed by atoms with Crippen molar-refractivity contribution in [3.05, 3.63) is 23.1 Å². The summed E-state index contributed by atoms with van der Waals surface area (Å²) in [7, 11) is 2.24. The Morgan fingerprint density at radius 1 is 1.17 bits per heavy atom. The Kier molecular flexibility index (Phi) is 4.71. The molecule has 7 heteroatoms. The highest BCUT2D eigenvalue weighted by Gasteiger charge is 2.33. The van der Waals surface area contributed by atoms with Gasteiger partial charge in [-0.3, -0.25) is 0 Å². The van der Waals surface area contributed by atoms with Crippen LogP contribution in [0.25, 0.3) is 22.2 Å². The van der Waals surface area contributed by atoms with Crippen LogP contribution < -0.4 is 9.80 Å². The summed E-state index contributed by atoms with van der Waals surface area (Å²) in [5.41, 5.74) is 5.75. The summed E-state index contributed by atoms with van der Waals surface area (Å²) in [6.45, 7) is 13.5. The van der Waals surface area contributed by atoms with Crippen LogP contribution in [0.4, 0.5) is 5.82 Å². The van der Waals surface area contributed by atoms with Crippen LogP contribution in [0.15, 0.2) is 10.7 Å². The highest BCUT2D eigenvalue weighted by molar-refractivity contribution is 6.06. The first-order valence-electron chi connectivity index (χ1n) is 11.1. The molecule has 30 heavy (non-hydrogen) atoms. The molecule has 0 atom stereocenters. The topological polar surface area (TPSA) is 68.7 Å². The van der Waals surface area contributed by atoms with E-state index >= 15 is 0 Å². The number of likely N-dealkylation sites (N-methyl/N-ethyl adjacent to an activating group) is 1. The molecule has 1 N–H and O–H groups in total. The highest BCUT2D eigenvalue weighted by Crippen LogP contribution is 2.40. The second kappa shape index (κ2) is 7.17. The molecule has 3 aromatic rings. The molecule has 0 saturated carbocycles. The van der Waals surface area contributed by atoms with Crippen molar-refractivity contribution in [3.8, 4) is 0 Å². The molecule has 0 bridgehead atoms. The summed E-state index contributed by atoms with van der Waals surface area (Å²) in [4.78, 5) is 18.1. The average Bonchev–Trinajstić information content (AvgIpc) is 3.06. The predicted octanol–water partition coefficient (Wildman–Crippen LogP) is 2.16. The Morgan fingerprint density at radius 2 is 1.93 bits per heavy atom. The van der Waals surface area contributed by atoms with Gasteiger partial charge in [0, 0.05) is 12.0 Å². The van der Waals surface area contributed by atoms with E-state index in [1.54, 1.807) is 11.2 Å². The molecular formula is C23H32N5O2+. The Labute approximate surface area is 177 Å². The maximum absolute atomic E-state index is 6.39. The van der Waals surface area contributed by atoms with Gasteiger partial charge in [-0.15, -0.1) is 0 Å². The Morgan fingerprint density at radius 3 is 2.67 bits per heavy atom. The van der Waals surface area contributed by atoms with Crippen LogP contribution in [0.2, 0.25) is 0 Å². The van der Waals surface area contributed by atoms with Crippen LogP contribution in [0.5, 0.6) is 0 Å². The van der Waals surface area contributed by atoms with E-state index in [-0.39, 0.29) is 5.60 Å². The number of hydrogen-bond donors (Lipinski definition) is 1. The summed E-state index contributed by atoms with van der Waals surface area (Å²) in [5.74, 6) is 1.41. The van der Waals surface area contributed by atoms with E-state index in [1.807, 2.05) is 0 Å². The van der Waals surface area contributed by atoms with Gasteiger partial charge in [0.05, 0.1) is 56.5 Å². The van der Waals surface area contributed by atoms with Gasteiger partial charge >= 0.3 is 0 Å². The first-order chi connectivity index (χ1) is 14.3. The van der Waals surface area contributed by atoms with Crippen LogP contribution in [0, 0.1) is 5.92 Å². The van der Waals surface area contributed by atoms with Crippen molar-refractivity contribution in [2.75, 3.05) is 38.1 Å². The van der Waals surface area contributed by atoms with Crippen LogP contribution in [-0.4, -0.2) is 53.8 Å². The van der Waals surface area contributed by atoms with Gasteiger partial charge in [-0.25, -0.2) is 15.0 Å². The molecule has 2 aliphatic rings. The molecule has 0 aliphatic carbocycles. The third-order valence-electron chi connectivity index (χ3n) is 6.41. The first-order valence-corrected chi connectivity index (χ1v) is 11.1. The van der Waals surface area contributed by atoms with Crippen molar-refractivity contribution >= 4 is 28.0 Å². The van der Waals surface area contributed by atoms with Crippen molar-refractivity contribution in [2.45, 2.75) is 52.7 Å². The van der Waals surface area contributed by atoms with Crippen molar-refractivity contribution in [3.63, 3.8) is 0 Å². The van der Waals surface area contributed by atoms with Crippen LogP contribution >= 0.6 is 0 Å². The SMILES string of the molecule is CC(C)Cc1nc2oc3c(N4CC[NH+](C)CC4)ncnc3c2c2c1COC(C)(C)C2. The highest BCUT2D eigenvalue weighted by atomic mass is 16.5. The molecule has 2 aliphatic heterocycles. The number of rotatable bonds is 3. The van der Waals surface area contributed by atoms with E-state index in [2.05, 4.69) is 49.6 Å². The summed E-state index contributed by atoms with van der Waals surface area (Å²) >= 11 is 0. The quantitative estimate of drug-likeness (QED) is 0.714. The standard InChI is InChI=1S/C23H31N5O2/c1-14(2)10-17-16-12-29-23(3,4)11-15(16)18-19-20(30-22(18)26-17)21(25-13-24-19)28-8-6-27(5)7-9-28/h13-14H,6-12H2,1-5H3/p+1. The fourth-order valence-electron chi connectivity index (χ4n) is 4.74. The van der Waals surface area contributed by atoms with E-state index in [0.29, 0.717) is 18.2 Å². The smallest absolute Gasteiger partial charge is 0.229 e. The van der Waals surface area contributed by atoms with Gasteiger partial charge in [0.1, 0.15) is 11.8 Å². The van der Waals surface area contributed by atoms with Crippen LogP contribution in [0.3, 0.4) is 0 Å². The second-order valence-electron chi connectivity index (χ2n) is 9.94. The fourth-order valence-corrected chi connectivity index (χ4v) is 4.74. The lowest BCUT2D eigenvalue weighted by Gasteiger charge is -2.33. The number of quaternary nitrogens is 1. The largest absolute Gasteiger partial charge is 0.432 e. The molecule has 0 amide bonds. The first kappa shape index (κ1) is 19.7. The van der Waals surface area contributed by atoms with Gasteiger partial charge in [-0.2, -0.15) is 0 Å².